The van der Waals surface area contributed by atoms with Gasteiger partial charge < -0.3 is 4.57 Å². The van der Waals surface area contributed by atoms with Gasteiger partial charge in [0.15, 0.2) is 21.3 Å². The van der Waals surface area contributed by atoms with Gasteiger partial charge in [-0.2, -0.15) is 26.3 Å². The zero-order valence-electron chi connectivity index (χ0n) is 16.5. The Bertz CT molecular complexity index is 1290. The molecular formula is C19H16F6N4O2S. The van der Waals surface area contributed by atoms with E-state index in [4.69, 9.17) is 0 Å². The van der Waals surface area contributed by atoms with Crippen LogP contribution >= 0.6 is 0 Å². The molecule has 0 bridgehead atoms. The maximum Gasteiger partial charge on any atom is 0.417 e. The van der Waals surface area contributed by atoms with Crippen molar-refractivity contribution >= 4 is 21.0 Å². The normalized spacial score (nSPS) is 16.2. The Kier molecular flexibility index (Phi) is 5.22. The van der Waals surface area contributed by atoms with Crippen molar-refractivity contribution in [3.8, 4) is 11.5 Å². The summed E-state index contributed by atoms with van der Waals surface area (Å²) in [4.78, 5) is 10.9. The number of nitrogens with zero attached hydrogens (tertiary/aromatic N) is 4. The zero-order valence-corrected chi connectivity index (χ0v) is 17.3. The van der Waals surface area contributed by atoms with E-state index in [1.165, 1.54) is 11.6 Å². The van der Waals surface area contributed by atoms with E-state index in [1.807, 2.05) is 0 Å². The van der Waals surface area contributed by atoms with Crippen molar-refractivity contribution in [2.24, 2.45) is 7.05 Å². The van der Waals surface area contributed by atoms with Crippen molar-refractivity contribution in [3.05, 3.63) is 35.7 Å². The number of hydrogen-bond donors (Lipinski definition) is 0. The van der Waals surface area contributed by atoms with Gasteiger partial charge in [0.05, 0.1) is 21.3 Å². The summed E-state index contributed by atoms with van der Waals surface area (Å²) < 4.78 is 107. The predicted molar refractivity (Wildman–Crippen MR) is 101 cm³/mol. The molecule has 0 atom stereocenters. The molecule has 0 amide bonds. The van der Waals surface area contributed by atoms with Crippen molar-refractivity contribution in [1.29, 1.82) is 0 Å². The molecule has 13 heteroatoms. The fraction of sp³-hybridized carbons (Fsp3) is 0.421. The number of rotatable bonds is 3. The smallest absolute Gasteiger partial charge is 0.310 e. The molecule has 0 radical (unpaired) electrons. The summed E-state index contributed by atoms with van der Waals surface area (Å²) in [6, 6.07) is 1.25. The highest BCUT2D eigenvalue weighted by molar-refractivity contribution is 7.92. The van der Waals surface area contributed by atoms with Gasteiger partial charge in [-0.15, -0.1) is 0 Å². The number of aromatic nitrogens is 4. The van der Waals surface area contributed by atoms with Gasteiger partial charge in [0.1, 0.15) is 11.2 Å². The number of pyridine rings is 2. The molecule has 1 aliphatic rings. The van der Waals surface area contributed by atoms with Crippen LogP contribution in [0.1, 0.15) is 36.8 Å². The predicted octanol–water partition coefficient (Wildman–Crippen LogP) is 4.78. The fourth-order valence-corrected chi connectivity index (χ4v) is 5.82. The number of alkyl halides is 6. The number of hydrogen-bond acceptors (Lipinski definition) is 5. The monoisotopic (exact) mass is 478 g/mol. The molecule has 3 aromatic heterocycles. The molecule has 0 spiro atoms. The quantitative estimate of drug-likeness (QED) is 0.506. The van der Waals surface area contributed by atoms with Crippen molar-refractivity contribution in [1.82, 2.24) is 19.5 Å². The lowest BCUT2D eigenvalue weighted by Crippen LogP contribution is -2.20. The molecule has 172 valence electrons. The molecule has 32 heavy (non-hydrogen) atoms. The maximum absolute atomic E-state index is 13.3. The Morgan fingerprint density at radius 3 is 2.09 bits per heavy atom. The summed E-state index contributed by atoms with van der Waals surface area (Å²) in [6.07, 6.45) is -6.57. The lowest BCUT2D eigenvalue weighted by Gasteiger charge is -2.16. The molecule has 0 N–H and O–H groups in total. The van der Waals surface area contributed by atoms with Crippen LogP contribution in [0.2, 0.25) is 0 Å². The highest BCUT2D eigenvalue weighted by atomic mass is 32.2. The van der Waals surface area contributed by atoms with Crippen molar-refractivity contribution in [3.63, 3.8) is 0 Å². The van der Waals surface area contributed by atoms with E-state index in [2.05, 4.69) is 15.0 Å². The largest absolute Gasteiger partial charge is 0.417 e. The number of sulfone groups is 1. The number of aryl methyl sites for hydroxylation is 1. The Hall–Kier alpha value is -2.70. The molecular weight excluding hydrogens is 462 g/mol. The maximum atomic E-state index is 13.3. The average Bonchev–Trinajstić information content (AvgIpc) is 3.35. The SMILES string of the molecule is Cn1c(-c2ncc(C(F)(F)F)cc2S(=O)(=O)C2CCCC2)nc2cc(C(F)(F)F)cnc21. The van der Waals surface area contributed by atoms with Crippen LogP contribution < -0.4 is 0 Å². The second-order valence-electron chi connectivity index (χ2n) is 7.58. The minimum atomic E-state index is -4.83. The summed E-state index contributed by atoms with van der Waals surface area (Å²) >= 11 is 0. The summed E-state index contributed by atoms with van der Waals surface area (Å²) in [5.74, 6) is -0.197. The second-order valence-corrected chi connectivity index (χ2v) is 9.78. The summed E-state index contributed by atoms with van der Waals surface area (Å²) in [6.45, 7) is 0. The third-order valence-electron chi connectivity index (χ3n) is 5.48. The first kappa shape index (κ1) is 22.5. The van der Waals surface area contributed by atoms with E-state index < -0.39 is 43.5 Å². The Balaban J connectivity index is 1.95. The molecule has 1 fully saturated rings. The van der Waals surface area contributed by atoms with Crippen LogP contribution in [-0.4, -0.2) is 33.2 Å². The van der Waals surface area contributed by atoms with Gasteiger partial charge >= 0.3 is 12.4 Å². The minimum Gasteiger partial charge on any atom is -0.310 e. The summed E-state index contributed by atoms with van der Waals surface area (Å²) in [5, 5.41) is -0.865. The van der Waals surface area contributed by atoms with Crippen molar-refractivity contribution in [2.45, 2.75) is 48.2 Å². The molecule has 0 unspecified atom stereocenters. The lowest BCUT2D eigenvalue weighted by molar-refractivity contribution is -0.138. The first-order valence-corrected chi connectivity index (χ1v) is 11.1. The van der Waals surface area contributed by atoms with Crippen molar-refractivity contribution < 1.29 is 34.8 Å². The average molecular weight is 478 g/mol. The van der Waals surface area contributed by atoms with E-state index in [1.54, 1.807) is 0 Å². The molecule has 0 saturated heterocycles. The summed E-state index contributed by atoms with van der Waals surface area (Å²) in [5.41, 5.74) is -2.86. The molecule has 1 aliphatic carbocycles. The van der Waals surface area contributed by atoms with E-state index >= 15 is 0 Å². The molecule has 4 rings (SSSR count). The van der Waals surface area contributed by atoms with E-state index in [9.17, 15) is 34.8 Å². The molecule has 0 aromatic carbocycles. The van der Waals surface area contributed by atoms with Gasteiger partial charge in [-0.1, -0.05) is 12.8 Å². The molecule has 1 saturated carbocycles. The molecule has 3 heterocycles. The zero-order chi connectivity index (χ0) is 23.5. The van der Waals surface area contributed by atoms with Crippen LogP contribution in [0.4, 0.5) is 26.3 Å². The van der Waals surface area contributed by atoms with Crippen molar-refractivity contribution in [2.75, 3.05) is 0 Å². The van der Waals surface area contributed by atoms with Gasteiger partial charge in [-0.05, 0) is 25.0 Å². The van der Waals surface area contributed by atoms with E-state index in [0.29, 0.717) is 44.1 Å². The highest BCUT2D eigenvalue weighted by Crippen LogP contribution is 2.38. The molecule has 0 aliphatic heterocycles. The minimum absolute atomic E-state index is 0.00101. The Labute approximate surface area is 178 Å². The third-order valence-corrected chi connectivity index (χ3v) is 7.75. The molecule has 6 nitrogen and oxygen atoms in total. The van der Waals surface area contributed by atoms with Gasteiger partial charge in [-0.25, -0.2) is 18.4 Å². The second kappa shape index (κ2) is 7.42. The molecule has 3 aromatic rings. The Morgan fingerprint density at radius 2 is 1.50 bits per heavy atom. The van der Waals surface area contributed by atoms with Gasteiger partial charge in [0.2, 0.25) is 0 Å². The van der Waals surface area contributed by atoms with Crippen LogP contribution in [0, 0.1) is 0 Å². The topological polar surface area (TPSA) is 77.7 Å². The highest BCUT2D eigenvalue weighted by Gasteiger charge is 2.38. The van der Waals surface area contributed by atoms with Crippen LogP contribution in [0.3, 0.4) is 0 Å². The first-order chi connectivity index (χ1) is 14.8. The van der Waals surface area contributed by atoms with Gasteiger partial charge in [-0.3, -0.25) is 4.98 Å². The van der Waals surface area contributed by atoms with Crippen LogP contribution in [0.15, 0.2) is 29.4 Å². The van der Waals surface area contributed by atoms with Gasteiger partial charge in [0, 0.05) is 19.4 Å². The number of imidazole rings is 1. The van der Waals surface area contributed by atoms with E-state index in [0.717, 1.165) is 6.07 Å². The van der Waals surface area contributed by atoms with Crippen LogP contribution in [0.5, 0.6) is 0 Å². The van der Waals surface area contributed by atoms with Crippen LogP contribution in [0.25, 0.3) is 22.7 Å². The third kappa shape index (κ3) is 3.82. The van der Waals surface area contributed by atoms with Gasteiger partial charge in [0.25, 0.3) is 0 Å². The number of fused-ring (bicyclic) bond motifs is 1. The lowest BCUT2D eigenvalue weighted by atomic mass is 10.2. The summed E-state index contributed by atoms with van der Waals surface area (Å²) in [7, 11) is -2.83. The van der Waals surface area contributed by atoms with E-state index in [-0.39, 0.29) is 22.7 Å². The number of halogens is 6. The standard InChI is InChI=1S/C19H16F6N4O2S/c1-29-16-13(6-10(9-27-16)18(20,21)22)28-17(29)15-14(7-11(8-26-15)19(23,24)25)32(30,31)12-4-2-3-5-12/h6-9,12H,2-5H2,1H3. The first-order valence-electron chi connectivity index (χ1n) is 9.51. The Morgan fingerprint density at radius 1 is 0.938 bits per heavy atom. The van der Waals surface area contributed by atoms with Crippen LogP contribution in [-0.2, 0) is 29.2 Å². The fourth-order valence-electron chi connectivity index (χ4n) is 3.81.